The summed E-state index contributed by atoms with van der Waals surface area (Å²) >= 11 is 0. The SMILES string of the molecule is CCCCC(CC)NC(=O)CNC. The van der Waals surface area contributed by atoms with Gasteiger partial charge < -0.3 is 10.6 Å². The Morgan fingerprint density at radius 1 is 1.38 bits per heavy atom. The maximum atomic E-state index is 11.2. The van der Waals surface area contributed by atoms with Gasteiger partial charge in [-0.15, -0.1) is 0 Å². The Kier molecular flexibility index (Phi) is 7.69. The molecular formula is C10H22N2O. The topological polar surface area (TPSA) is 41.1 Å². The van der Waals surface area contributed by atoms with Crippen molar-refractivity contribution in [2.45, 2.75) is 45.6 Å². The first-order valence-corrected chi connectivity index (χ1v) is 5.18. The lowest BCUT2D eigenvalue weighted by molar-refractivity contribution is -0.120. The molecule has 0 aromatic carbocycles. The molecule has 0 fully saturated rings. The Bertz CT molecular complexity index is 137. The fourth-order valence-electron chi connectivity index (χ4n) is 1.27. The molecule has 0 heterocycles. The van der Waals surface area contributed by atoms with Crippen molar-refractivity contribution >= 4 is 5.91 Å². The molecule has 0 saturated heterocycles. The van der Waals surface area contributed by atoms with E-state index < -0.39 is 0 Å². The quantitative estimate of drug-likeness (QED) is 0.629. The lowest BCUT2D eigenvalue weighted by Crippen LogP contribution is -2.39. The zero-order valence-electron chi connectivity index (χ0n) is 9.02. The molecule has 0 spiro atoms. The van der Waals surface area contributed by atoms with Crippen molar-refractivity contribution in [2.75, 3.05) is 13.6 Å². The molecule has 0 aliphatic carbocycles. The summed E-state index contributed by atoms with van der Waals surface area (Å²) in [6, 6.07) is 0.362. The van der Waals surface area contributed by atoms with Gasteiger partial charge >= 0.3 is 0 Å². The van der Waals surface area contributed by atoms with Crippen LogP contribution in [-0.2, 0) is 4.79 Å². The van der Waals surface area contributed by atoms with Crippen LogP contribution in [0.3, 0.4) is 0 Å². The Labute approximate surface area is 81.3 Å². The van der Waals surface area contributed by atoms with E-state index in [9.17, 15) is 4.79 Å². The monoisotopic (exact) mass is 186 g/mol. The van der Waals surface area contributed by atoms with Crippen LogP contribution in [0.5, 0.6) is 0 Å². The number of unbranched alkanes of at least 4 members (excludes halogenated alkanes) is 1. The normalized spacial score (nSPS) is 12.5. The molecule has 0 aliphatic rings. The first kappa shape index (κ1) is 12.4. The van der Waals surface area contributed by atoms with E-state index in [-0.39, 0.29) is 5.91 Å². The van der Waals surface area contributed by atoms with Crippen molar-refractivity contribution in [1.29, 1.82) is 0 Å². The third kappa shape index (κ3) is 6.58. The summed E-state index contributed by atoms with van der Waals surface area (Å²) in [5.41, 5.74) is 0. The van der Waals surface area contributed by atoms with Crippen LogP contribution in [0.15, 0.2) is 0 Å². The van der Waals surface area contributed by atoms with E-state index in [1.54, 1.807) is 7.05 Å². The van der Waals surface area contributed by atoms with Crippen molar-refractivity contribution in [2.24, 2.45) is 0 Å². The van der Waals surface area contributed by atoms with E-state index in [1.165, 1.54) is 12.8 Å². The van der Waals surface area contributed by atoms with E-state index in [1.807, 2.05) is 0 Å². The molecule has 13 heavy (non-hydrogen) atoms. The fraction of sp³-hybridized carbons (Fsp3) is 0.900. The van der Waals surface area contributed by atoms with Crippen LogP contribution in [0.1, 0.15) is 39.5 Å². The molecule has 1 unspecified atom stereocenters. The number of likely N-dealkylation sites (N-methyl/N-ethyl adjacent to an activating group) is 1. The van der Waals surface area contributed by atoms with E-state index in [4.69, 9.17) is 0 Å². The van der Waals surface area contributed by atoms with Crippen LogP contribution in [-0.4, -0.2) is 25.5 Å². The molecule has 3 heteroatoms. The fourth-order valence-corrected chi connectivity index (χ4v) is 1.27. The number of carbonyl (C=O) groups excluding carboxylic acids is 1. The Morgan fingerprint density at radius 2 is 2.08 bits per heavy atom. The summed E-state index contributed by atoms with van der Waals surface area (Å²) in [6.45, 7) is 4.70. The molecule has 1 amide bonds. The molecule has 0 radical (unpaired) electrons. The highest BCUT2D eigenvalue weighted by Crippen LogP contribution is 2.03. The average molecular weight is 186 g/mol. The molecule has 78 valence electrons. The van der Waals surface area contributed by atoms with Crippen LogP contribution in [0.25, 0.3) is 0 Å². The van der Waals surface area contributed by atoms with Crippen LogP contribution in [0.2, 0.25) is 0 Å². The summed E-state index contributed by atoms with van der Waals surface area (Å²) in [5.74, 6) is 0.102. The summed E-state index contributed by atoms with van der Waals surface area (Å²) in [6.07, 6.45) is 4.51. The van der Waals surface area contributed by atoms with E-state index in [0.29, 0.717) is 12.6 Å². The van der Waals surface area contributed by atoms with Gasteiger partial charge in [-0.25, -0.2) is 0 Å². The van der Waals surface area contributed by atoms with E-state index in [0.717, 1.165) is 12.8 Å². The Balaban J connectivity index is 3.62. The highest BCUT2D eigenvalue weighted by atomic mass is 16.1. The zero-order chi connectivity index (χ0) is 10.1. The van der Waals surface area contributed by atoms with Crippen molar-refractivity contribution in [1.82, 2.24) is 10.6 Å². The summed E-state index contributed by atoms with van der Waals surface area (Å²) < 4.78 is 0. The largest absolute Gasteiger partial charge is 0.352 e. The zero-order valence-corrected chi connectivity index (χ0v) is 9.02. The second kappa shape index (κ2) is 8.05. The lowest BCUT2D eigenvalue weighted by Gasteiger charge is -2.16. The number of rotatable bonds is 7. The highest BCUT2D eigenvalue weighted by molar-refractivity contribution is 5.78. The molecule has 0 saturated carbocycles. The van der Waals surface area contributed by atoms with E-state index >= 15 is 0 Å². The number of hydrogen-bond donors (Lipinski definition) is 2. The second-order valence-electron chi connectivity index (χ2n) is 3.35. The van der Waals surface area contributed by atoms with Crippen molar-refractivity contribution in [3.05, 3.63) is 0 Å². The molecule has 0 bridgehead atoms. The van der Waals surface area contributed by atoms with Gasteiger partial charge in [0.05, 0.1) is 6.54 Å². The van der Waals surface area contributed by atoms with Gasteiger partial charge in [0, 0.05) is 6.04 Å². The van der Waals surface area contributed by atoms with Crippen LogP contribution in [0, 0.1) is 0 Å². The first-order chi connectivity index (χ1) is 6.24. The minimum absolute atomic E-state index is 0.102. The van der Waals surface area contributed by atoms with Gasteiger partial charge in [-0.2, -0.15) is 0 Å². The van der Waals surface area contributed by atoms with Crippen molar-refractivity contribution < 1.29 is 4.79 Å². The second-order valence-corrected chi connectivity index (χ2v) is 3.35. The van der Waals surface area contributed by atoms with Crippen LogP contribution in [0.4, 0.5) is 0 Å². The average Bonchev–Trinajstić information content (AvgIpc) is 2.12. The molecular weight excluding hydrogens is 164 g/mol. The third-order valence-corrected chi connectivity index (χ3v) is 2.10. The maximum Gasteiger partial charge on any atom is 0.234 e. The van der Waals surface area contributed by atoms with Crippen LogP contribution >= 0.6 is 0 Å². The van der Waals surface area contributed by atoms with Gasteiger partial charge in [0.2, 0.25) is 5.91 Å². The molecule has 2 N–H and O–H groups in total. The number of carbonyl (C=O) groups is 1. The summed E-state index contributed by atoms with van der Waals surface area (Å²) in [7, 11) is 1.78. The highest BCUT2D eigenvalue weighted by Gasteiger charge is 2.08. The van der Waals surface area contributed by atoms with Crippen molar-refractivity contribution in [3.63, 3.8) is 0 Å². The minimum Gasteiger partial charge on any atom is -0.352 e. The van der Waals surface area contributed by atoms with Gasteiger partial charge in [0.1, 0.15) is 0 Å². The van der Waals surface area contributed by atoms with Crippen LogP contribution < -0.4 is 10.6 Å². The molecule has 0 aromatic heterocycles. The van der Waals surface area contributed by atoms with Gasteiger partial charge in [0.25, 0.3) is 0 Å². The lowest BCUT2D eigenvalue weighted by atomic mass is 10.1. The predicted molar refractivity (Wildman–Crippen MR) is 55.7 cm³/mol. The van der Waals surface area contributed by atoms with Gasteiger partial charge in [-0.1, -0.05) is 26.7 Å². The van der Waals surface area contributed by atoms with Gasteiger partial charge in [0.15, 0.2) is 0 Å². The first-order valence-electron chi connectivity index (χ1n) is 5.18. The minimum atomic E-state index is 0.102. The Hall–Kier alpha value is -0.570. The van der Waals surface area contributed by atoms with Gasteiger partial charge in [-0.3, -0.25) is 4.79 Å². The van der Waals surface area contributed by atoms with E-state index in [2.05, 4.69) is 24.5 Å². The molecule has 0 aromatic rings. The standard InChI is InChI=1S/C10H22N2O/c1-4-6-7-9(5-2)12-10(13)8-11-3/h9,11H,4-8H2,1-3H3,(H,12,13). The number of hydrogen-bond acceptors (Lipinski definition) is 2. The third-order valence-electron chi connectivity index (χ3n) is 2.10. The molecule has 0 rings (SSSR count). The molecule has 3 nitrogen and oxygen atoms in total. The smallest absolute Gasteiger partial charge is 0.234 e. The Morgan fingerprint density at radius 3 is 2.54 bits per heavy atom. The van der Waals surface area contributed by atoms with Gasteiger partial charge in [-0.05, 0) is 19.9 Å². The van der Waals surface area contributed by atoms with Crippen molar-refractivity contribution in [3.8, 4) is 0 Å². The number of nitrogens with one attached hydrogen (secondary N) is 2. The predicted octanol–water partition coefficient (Wildman–Crippen LogP) is 1.29. The summed E-state index contributed by atoms with van der Waals surface area (Å²) in [5, 5.41) is 5.84. The maximum absolute atomic E-state index is 11.2. The summed E-state index contributed by atoms with van der Waals surface area (Å²) in [4.78, 5) is 11.2. The molecule has 0 aliphatic heterocycles. The number of amides is 1. The molecule has 1 atom stereocenters.